The maximum atomic E-state index is 13.3. The van der Waals surface area contributed by atoms with E-state index in [2.05, 4.69) is 24.2 Å². The minimum atomic E-state index is -3.57. The van der Waals surface area contributed by atoms with Crippen LogP contribution < -0.4 is 14.8 Å². The Bertz CT molecular complexity index is 1550. The van der Waals surface area contributed by atoms with Crippen LogP contribution in [0.2, 0.25) is 0 Å². The average Bonchev–Trinajstić information content (AvgIpc) is 3.15. The Labute approximate surface area is 254 Å². The predicted octanol–water partition coefficient (Wildman–Crippen LogP) is 5.86. The molecule has 2 aliphatic heterocycles. The number of carbonyl (C=O) groups is 1. The number of para-hydroxylation sites is 1. The SMILES string of the molecule is CCCOc1ccccc1COc1ccc2c(c1)C=C(C(=O)Nc1ccc(CN(C)C3CCOCC3)cc1)CCS2(=O)=O. The number of hydrogen-bond donors (Lipinski definition) is 1. The lowest BCUT2D eigenvalue weighted by Gasteiger charge is -2.31. The minimum absolute atomic E-state index is 0.120. The number of ether oxygens (including phenoxy) is 3. The van der Waals surface area contributed by atoms with Gasteiger partial charge in [0.1, 0.15) is 18.1 Å². The van der Waals surface area contributed by atoms with Gasteiger partial charge in [-0.1, -0.05) is 37.3 Å². The zero-order chi connectivity index (χ0) is 30.2. The summed E-state index contributed by atoms with van der Waals surface area (Å²) in [4.78, 5) is 15.8. The zero-order valence-electron chi connectivity index (χ0n) is 24.9. The van der Waals surface area contributed by atoms with Gasteiger partial charge in [-0.2, -0.15) is 0 Å². The molecule has 0 atom stereocenters. The third-order valence-electron chi connectivity index (χ3n) is 7.86. The first-order valence-corrected chi connectivity index (χ1v) is 16.6. The molecule has 43 heavy (non-hydrogen) atoms. The largest absolute Gasteiger partial charge is 0.493 e. The van der Waals surface area contributed by atoms with Crippen LogP contribution in [0.3, 0.4) is 0 Å². The smallest absolute Gasteiger partial charge is 0.251 e. The molecule has 3 aromatic rings. The molecule has 0 bridgehead atoms. The Hall–Kier alpha value is -3.66. The summed E-state index contributed by atoms with van der Waals surface area (Å²) in [6, 6.07) is 20.9. The van der Waals surface area contributed by atoms with Crippen LogP contribution in [0.15, 0.2) is 77.2 Å². The molecule has 0 unspecified atom stereocenters. The van der Waals surface area contributed by atoms with E-state index in [9.17, 15) is 13.2 Å². The molecule has 0 aliphatic carbocycles. The van der Waals surface area contributed by atoms with E-state index in [-0.39, 0.29) is 29.6 Å². The number of rotatable bonds is 11. The van der Waals surface area contributed by atoms with Crippen molar-refractivity contribution >= 4 is 27.5 Å². The van der Waals surface area contributed by atoms with Gasteiger partial charge in [-0.3, -0.25) is 9.69 Å². The number of amides is 1. The van der Waals surface area contributed by atoms with Crippen molar-refractivity contribution in [2.24, 2.45) is 0 Å². The van der Waals surface area contributed by atoms with Crippen molar-refractivity contribution in [2.75, 3.05) is 37.9 Å². The number of nitrogens with zero attached hydrogens (tertiary/aromatic N) is 1. The van der Waals surface area contributed by atoms with Gasteiger partial charge in [0.25, 0.3) is 5.91 Å². The van der Waals surface area contributed by atoms with Crippen LogP contribution >= 0.6 is 0 Å². The molecule has 9 heteroatoms. The number of carbonyl (C=O) groups excluding carboxylic acids is 1. The van der Waals surface area contributed by atoms with Crippen LogP contribution in [0.1, 0.15) is 49.3 Å². The summed E-state index contributed by atoms with van der Waals surface area (Å²) in [7, 11) is -1.43. The second-order valence-corrected chi connectivity index (χ2v) is 13.2. The first kappa shape index (κ1) is 30.8. The number of fused-ring (bicyclic) bond motifs is 1. The van der Waals surface area contributed by atoms with E-state index in [4.69, 9.17) is 14.2 Å². The summed E-state index contributed by atoms with van der Waals surface area (Å²) in [5, 5.41) is 2.95. The third kappa shape index (κ3) is 8.04. The molecule has 5 rings (SSSR count). The van der Waals surface area contributed by atoms with Crippen molar-refractivity contribution < 1.29 is 27.4 Å². The van der Waals surface area contributed by atoms with Crippen LogP contribution in [0, 0.1) is 0 Å². The Morgan fingerprint density at radius 1 is 1.02 bits per heavy atom. The first-order valence-electron chi connectivity index (χ1n) is 14.9. The van der Waals surface area contributed by atoms with E-state index in [1.165, 1.54) is 0 Å². The summed E-state index contributed by atoms with van der Waals surface area (Å²) >= 11 is 0. The molecule has 8 nitrogen and oxygen atoms in total. The van der Waals surface area contributed by atoms with Crippen molar-refractivity contribution in [1.82, 2.24) is 4.90 Å². The Kier molecular flexibility index (Phi) is 10.2. The summed E-state index contributed by atoms with van der Waals surface area (Å²) in [5.74, 6) is 0.820. The molecule has 0 saturated carbocycles. The van der Waals surface area contributed by atoms with E-state index < -0.39 is 9.84 Å². The zero-order valence-corrected chi connectivity index (χ0v) is 25.7. The first-order chi connectivity index (χ1) is 20.8. The fourth-order valence-electron chi connectivity index (χ4n) is 5.39. The summed E-state index contributed by atoms with van der Waals surface area (Å²) < 4.78 is 43.5. The van der Waals surface area contributed by atoms with Crippen molar-refractivity contribution in [1.29, 1.82) is 0 Å². The molecule has 228 valence electrons. The van der Waals surface area contributed by atoms with Crippen molar-refractivity contribution in [3.05, 3.63) is 89.0 Å². The molecule has 0 radical (unpaired) electrons. The van der Waals surface area contributed by atoms with E-state index in [0.717, 1.165) is 55.9 Å². The van der Waals surface area contributed by atoms with E-state index in [0.29, 0.717) is 35.2 Å². The number of anilines is 1. The van der Waals surface area contributed by atoms with Crippen LogP contribution in [-0.4, -0.2) is 57.9 Å². The monoisotopic (exact) mass is 604 g/mol. The normalized spacial score (nSPS) is 16.6. The second kappa shape index (κ2) is 14.2. The lowest BCUT2D eigenvalue weighted by atomic mass is 10.1. The van der Waals surface area contributed by atoms with Gasteiger partial charge >= 0.3 is 0 Å². The maximum Gasteiger partial charge on any atom is 0.251 e. The highest BCUT2D eigenvalue weighted by Crippen LogP contribution is 2.31. The average molecular weight is 605 g/mol. The highest BCUT2D eigenvalue weighted by atomic mass is 32.2. The van der Waals surface area contributed by atoms with Gasteiger partial charge in [0.15, 0.2) is 9.84 Å². The van der Waals surface area contributed by atoms with E-state index in [1.54, 1.807) is 24.3 Å². The lowest BCUT2D eigenvalue weighted by Crippen LogP contribution is -2.36. The van der Waals surface area contributed by atoms with Crippen LogP contribution in [0.4, 0.5) is 5.69 Å². The Balaban J connectivity index is 1.27. The quantitative estimate of drug-likeness (QED) is 0.293. The standard InChI is InChI=1S/C34H40N2O6S/c1-3-17-41-32-7-5-4-6-27(32)24-42-31-12-13-33-28(22-31)21-26(16-20-43(33,38)39)34(37)35-29-10-8-25(9-11-29)23-36(2)30-14-18-40-19-15-30/h4-13,21-22,30H,3,14-20,23-24H2,1-2H3,(H,35,37). The molecule has 2 aliphatic rings. The molecule has 3 aromatic carbocycles. The van der Waals surface area contributed by atoms with Crippen molar-refractivity contribution in [3.63, 3.8) is 0 Å². The van der Waals surface area contributed by atoms with Gasteiger partial charge < -0.3 is 19.5 Å². The third-order valence-corrected chi connectivity index (χ3v) is 9.65. The lowest BCUT2D eigenvalue weighted by molar-refractivity contribution is -0.112. The van der Waals surface area contributed by atoms with E-state index in [1.807, 2.05) is 48.5 Å². The predicted molar refractivity (Wildman–Crippen MR) is 168 cm³/mol. The van der Waals surface area contributed by atoms with Crippen LogP contribution in [0.25, 0.3) is 6.08 Å². The molecule has 0 spiro atoms. The van der Waals surface area contributed by atoms with Crippen LogP contribution in [-0.2, 0) is 32.5 Å². The fraction of sp³-hybridized carbons (Fsp3) is 0.382. The Morgan fingerprint density at radius 2 is 1.79 bits per heavy atom. The molecule has 1 fully saturated rings. The van der Waals surface area contributed by atoms with Gasteiger partial charge in [0.05, 0.1) is 17.3 Å². The topological polar surface area (TPSA) is 94.2 Å². The second-order valence-electron chi connectivity index (χ2n) is 11.1. The number of nitrogens with one attached hydrogen (secondary N) is 1. The minimum Gasteiger partial charge on any atom is -0.493 e. The molecule has 1 saturated heterocycles. The van der Waals surface area contributed by atoms with Crippen LogP contribution in [0.5, 0.6) is 11.5 Å². The van der Waals surface area contributed by atoms with Gasteiger partial charge in [0.2, 0.25) is 0 Å². The summed E-state index contributed by atoms with van der Waals surface area (Å²) in [5.41, 5.74) is 3.57. The summed E-state index contributed by atoms with van der Waals surface area (Å²) in [6.07, 6.45) is 4.76. The molecule has 1 N–H and O–H groups in total. The molecular weight excluding hydrogens is 564 g/mol. The number of benzene rings is 3. The van der Waals surface area contributed by atoms with E-state index >= 15 is 0 Å². The number of hydrogen-bond acceptors (Lipinski definition) is 7. The van der Waals surface area contributed by atoms with Gasteiger partial charge in [-0.05, 0) is 86.3 Å². The molecule has 1 amide bonds. The molecule has 0 aromatic heterocycles. The van der Waals surface area contributed by atoms with Gasteiger partial charge in [0, 0.05) is 42.6 Å². The van der Waals surface area contributed by atoms with Crippen molar-refractivity contribution in [2.45, 2.75) is 56.7 Å². The Morgan fingerprint density at radius 3 is 2.56 bits per heavy atom. The maximum absolute atomic E-state index is 13.3. The van der Waals surface area contributed by atoms with Crippen molar-refractivity contribution in [3.8, 4) is 11.5 Å². The van der Waals surface area contributed by atoms with Gasteiger partial charge in [-0.25, -0.2) is 8.42 Å². The number of sulfone groups is 1. The molecule has 2 heterocycles. The highest BCUT2D eigenvalue weighted by Gasteiger charge is 2.25. The fourth-order valence-corrected chi connectivity index (χ4v) is 6.85. The highest BCUT2D eigenvalue weighted by molar-refractivity contribution is 7.91. The van der Waals surface area contributed by atoms with Gasteiger partial charge in [-0.15, -0.1) is 0 Å². The molecular formula is C34H40N2O6S. The summed E-state index contributed by atoms with van der Waals surface area (Å²) in [6.45, 7) is 5.36.